The third-order valence-corrected chi connectivity index (χ3v) is 7.38. The number of aliphatic carboxylic acids is 1. The van der Waals surface area contributed by atoms with Gasteiger partial charge in [0.2, 0.25) is 5.95 Å². The van der Waals surface area contributed by atoms with Gasteiger partial charge in [0.1, 0.15) is 11.0 Å². The van der Waals surface area contributed by atoms with Crippen LogP contribution in [0.2, 0.25) is 5.02 Å². The van der Waals surface area contributed by atoms with Gasteiger partial charge in [0, 0.05) is 37.1 Å². The van der Waals surface area contributed by atoms with Gasteiger partial charge in [0.15, 0.2) is 0 Å². The maximum absolute atomic E-state index is 13.4. The van der Waals surface area contributed by atoms with E-state index >= 15 is 0 Å². The maximum atomic E-state index is 13.4. The minimum Gasteiger partial charge on any atom is -0.475 e. The first kappa shape index (κ1) is 30.0. The van der Waals surface area contributed by atoms with Gasteiger partial charge in [-0.3, -0.25) is 9.36 Å². The second kappa shape index (κ2) is 11.9. The average molecular weight is 607 g/mol. The molecule has 0 fully saturated rings. The number of hydrogen-bond donors (Lipinski definition) is 1. The van der Waals surface area contributed by atoms with Crippen molar-refractivity contribution in [2.75, 3.05) is 39.6 Å². The molecule has 9 nitrogen and oxygen atoms in total. The van der Waals surface area contributed by atoms with Crippen molar-refractivity contribution in [3.63, 3.8) is 0 Å². The summed E-state index contributed by atoms with van der Waals surface area (Å²) in [6.45, 7) is 1.73. The number of nitrogens with zero attached hydrogens (tertiary/aromatic N) is 6. The SMILES string of the molecule is CN(C)CCn1c(N(C)C)nc2cc(-n3cnc4cc(-c5ccc(Cl)cc5)sc4c3=O)ccc21.O=C(O)C(F)(F)F. The number of halogens is 4. The van der Waals surface area contributed by atoms with Gasteiger partial charge in [-0.05, 0) is 56.1 Å². The molecule has 1 N–H and O–H groups in total. The van der Waals surface area contributed by atoms with Crippen molar-refractivity contribution in [3.05, 3.63) is 70.2 Å². The molecule has 0 unspecified atom stereocenters. The lowest BCUT2D eigenvalue weighted by Gasteiger charge is -2.17. The highest BCUT2D eigenvalue weighted by Gasteiger charge is 2.38. The Hall–Kier alpha value is -3.94. The van der Waals surface area contributed by atoms with E-state index in [1.54, 1.807) is 10.9 Å². The quantitative estimate of drug-likeness (QED) is 0.277. The molecule has 0 aliphatic heterocycles. The van der Waals surface area contributed by atoms with E-state index in [9.17, 15) is 18.0 Å². The molecule has 0 amide bonds. The second-order valence-electron chi connectivity index (χ2n) is 9.49. The Morgan fingerprint density at radius 2 is 1.71 bits per heavy atom. The summed E-state index contributed by atoms with van der Waals surface area (Å²) in [5, 5.41) is 7.81. The molecular formula is C27H26ClF3N6O3S. The summed E-state index contributed by atoms with van der Waals surface area (Å²) in [4.78, 5) is 36.9. The van der Waals surface area contributed by atoms with Crippen molar-refractivity contribution >= 4 is 56.1 Å². The molecule has 216 valence electrons. The maximum Gasteiger partial charge on any atom is 0.490 e. The molecule has 0 spiro atoms. The van der Waals surface area contributed by atoms with Crippen LogP contribution in [0.3, 0.4) is 0 Å². The van der Waals surface area contributed by atoms with Gasteiger partial charge >= 0.3 is 12.1 Å². The van der Waals surface area contributed by atoms with Gasteiger partial charge in [-0.25, -0.2) is 14.8 Å². The van der Waals surface area contributed by atoms with Gasteiger partial charge < -0.3 is 19.5 Å². The van der Waals surface area contributed by atoms with Crippen molar-refractivity contribution in [1.82, 2.24) is 24.0 Å². The minimum atomic E-state index is -5.08. The van der Waals surface area contributed by atoms with Crippen molar-refractivity contribution < 1.29 is 23.1 Å². The van der Waals surface area contributed by atoms with Gasteiger partial charge in [-0.15, -0.1) is 11.3 Å². The topological polar surface area (TPSA) is 96.5 Å². The Morgan fingerprint density at radius 3 is 2.29 bits per heavy atom. The van der Waals surface area contributed by atoms with Crippen LogP contribution in [0.25, 0.3) is 37.4 Å². The number of hydrogen-bond acceptors (Lipinski definition) is 7. The highest BCUT2D eigenvalue weighted by Crippen LogP contribution is 2.32. The third-order valence-electron chi connectivity index (χ3n) is 5.97. The lowest BCUT2D eigenvalue weighted by Crippen LogP contribution is -2.22. The number of anilines is 1. The van der Waals surface area contributed by atoms with Crippen LogP contribution in [0.5, 0.6) is 0 Å². The normalized spacial score (nSPS) is 11.6. The van der Waals surface area contributed by atoms with Gasteiger partial charge in [-0.1, -0.05) is 23.7 Å². The zero-order valence-electron chi connectivity index (χ0n) is 22.5. The van der Waals surface area contributed by atoms with E-state index in [1.165, 1.54) is 11.3 Å². The molecule has 0 saturated carbocycles. The van der Waals surface area contributed by atoms with Gasteiger partial charge in [-0.2, -0.15) is 13.2 Å². The summed E-state index contributed by atoms with van der Waals surface area (Å²) in [5.74, 6) is -1.87. The number of likely N-dealkylation sites (N-methyl/N-ethyl adjacent to an activating group) is 1. The molecule has 14 heteroatoms. The largest absolute Gasteiger partial charge is 0.490 e. The first-order valence-corrected chi connectivity index (χ1v) is 13.4. The number of alkyl halides is 3. The number of carbonyl (C=O) groups is 1. The van der Waals surface area contributed by atoms with Crippen LogP contribution < -0.4 is 10.5 Å². The van der Waals surface area contributed by atoms with Gasteiger partial charge in [0.05, 0.1) is 22.2 Å². The summed E-state index contributed by atoms with van der Waals surface area (Å²) in [5.41, 5.74) is 4.25. The number of aromatic nitrogens is 4. The van der Waals surface area contributed by atoms with E-state index in [2.05, 4.69) is 28.5 Å². The fraction of sp³-hybridized carbons (Fsp3) is 0.259. The number of fused-ring (bicyclic) bond motifs is 2. The van der Waals surface area contributed by atoms with Crippen LogP contribution in [0.15, 0.2) is 59.7 Å². The standard InChI is InChI=1S/C25H25ClN6OS.C2HF3O2/c1-29(2)11-12-31-21-10-9-18(13-19(21)28-25(31)30(3)4)32-15-27-20-14-22(34-23(20)24(32)33)16-5-7-17(26)8-6-16;3-2(4,5)1(6)7/h5-10,13-15H,11-12H2,1-4H3;(H,6,7). The van der Waals surface area contributed by atoms with E-state index in [0.29, 0.717) is 15.2 Å². The molecule has 0 saturated heterocycles. The van der Waals surface area contributed by atoms with Crippen LogP contribution in [0.4, 0.5) is 19.1 Å². The Kier molecular flexibility index (Phi) is 8.71. The van der Waals surface area contributed by atoms with Crippen molar-refractivity contribution in [3.8, 4) is 16.1 Å². The lowest BCUT2D eigenvalue weighted by molar-refractivity contribution is -0.192. The summed E-state index contributed by atoms with van der Waals surface area (Å²) >= 11 is 7.46. The van der Waals surface area contributed by atoms with Crippen LogP contribution in [-0.4, -0.2) is 76.0 Å². The Balaban J connectivity index is 0.000000493. The fourth-order valence-corrected chi connectivity index (χ4v) is 5.14. The molecule has 41 heavy (non-hydrogen) atoms. The van der Waals surface area contributed by atoms with Crippen molar-refractivity contribution in [1.29, 1.82) is 0 Å². The number of imidazole rings is 1. The van der Waals surface area contributed by atoms with E-state index in [1.807, 2.05) is 67.5 Å². The molecule has 2 aromatic carbocycles. The highest BCUT2D eigenvalue weighted by atomic mass is 35.5. The molecule has 0 radical (unpaired) electrons. The van der Waals surface area contributed by atoms with E-state index in [4.69, 9.17) is 26.5 Å². The molecule has 0 bridgehead atoms. The predicted molar refractivity (Wildman–Crippen MR) is 156 cm³/mol. The zero-order valence-corrected chi connectivity index (χ0v) is 24.0. The molecule has 3 heterocycles. The predicted octanol–water partition coefficient (Wildman–Crippen LogP) is 5.38. The number of carboxylic acids is 1. The Morgan fingerprint density at radius 1 is 1.05 bits per heavy atom. The molecule has 0 aliphatic rings. The van der Waals surface area contributed by atoms with Crippen LogP contribution >= 0.6 is 22.9 Å². The number of thiophene rings is 1. The average Bonchev–Trinajstić information content (AvgIpc) is 3.50. The smallest absolute Gasteiger partial charge is 0.475 e. The summed E-state index contributed by atoms with van der Waals surface area (Å²) in [6, 6.07) is 15.5. The summed E-state index contributed by atoms with van der Waals surface area (Å²) < 4.78 is 36.2. The summed E-state index contributed by atoms with van der Waals surface area (Å²) in [6.07, 6.45) is -3.49. The zero-order chi connectivity index (χ0) is 30.1. The number of benzene rings is 2. The monoisotopic (exact) mass is 606 g/mol. The second-order valence-corrected chi connectivity index (χ2v) is 11.0. The number of carboxylic acid groups (broad SMARTS) is 1. The third kappa shape index (κ3) is 6.69. The molecule has 0 atom stereocenters. The van der Waals surface area contributed by atoms with E-state index in [0.717, 1.165) is 46.2 Å². The van der Waals surface area contributed by atoms with Crippen LogP contribution in [0.1, 0.15) is 0 Å². The van der Waals surface area contributed by atoms with E-state index in [-0.39, 0.29) is 5.56 Å². The lowest BCUT2D eigenvalue weighted by atomic mass is 10.2. The van der Waals surface area contributed by atoms with Crippen LogP contribution in [0, 0.1) is 0 Å². The molecule has 0 aliphatic carbocycles. The highest BCUT2D eigenvalue weighted by molar-refractivity contribution is 7.22. The Bertz CT molecular complexity index is 1760. The molecule has 5 aromatic rings. The number of rotatable bonds is 6. The molecule has 5 rings (SSSR count). The minimum absolute atomic E-state index is 0.0885. The summed E-state index contributed by atoms with van der Waals surface area (Å²) in [7, 11) is 8.10. The van der Waals surface area contributed by atoms with E-state index < -0.39 is 12.1 Å². The molecule has 3 aromatic heterocycles. The Labute approximate surface area is 241 Å². The van der Waals surface area contributed by atoms with Gasteiger partial charge in [0.25, 0.3) is 5.56 Å². The van der Waals surface area contributed by atoms with Crippen LogP contribution in [-0.2, 0) is 11.3 Å². The molecular weight excluding hydrogens is 581 g/mol. The first-order valence-electron chi connectivity index (χ1n) is 12.2. The first-order chi connectivity index (χ1) is 19.3. The van der Waals surface area contributed by atoms with Crippen molar-refractivity contribution in [2.45, 2.75) is 12.7 Å². The van der Waals surface area contributed by atoms with Crippen molar-refractivity contribution in [2.24, 2.45) is 0 Å². The fourth-order valence-electron chi connectivity index (χ4n) is 3.97.